The molecule has 0 spiro atoms. The van der Waals surface area contributed by atoms with Crippen LogP contribution >= 0.6 is 11.6 Å². The third kappa shape index (κ3) is 0.675. The highest BCUT2D eigenvalue weighted by Gasteiger charge is 1.94. The van der Waals surface area contributed by atoms with E-state index in [4.69, 9.17) is 11.6 Å². The topological polar surface area (TPSA) is 30.2 Å². The Morgan fingerprint density at radius 3 is 2.80 bits per heavy atom. The van der Waals surface area contributed by atoms with Gasteiger partial charge in [0.1, 0.15) is 11.5 Å². The lowest BCUT2D eigenvalue weighted by atomic mass is 10.6. The van der Waals surface area contributed by atoms with Gasteiger partial charge in [0.25, 0.3) is 0 Å². The van der Waals surface area contributed by atoms with E-state index >= 15 is 0 Å². The SMILES string of the molecule is Clc1cncc2cncn12. The smallest absolute Gasteiger partial charge is 0.133 e. The van der Waals surface area contributed by atoms with E-state index in [1.54, 1.807) is 29.3 Å². The van der Waals surface area contributed by atoms with Crippen molar-refractivity contribution in [1.82, 2.24) is 14.4 Å². The second-order valence-electron chi connectivity index (χ2n) is 1.92. The summed E-state index contributed by atoms with van der Waals surface area (Å²) < 4.78 is 1.76. The molecule has 0 amide bonds. The summed E-state index contributed by atoms with van der Waals surface area (Å²) in [6.45, 7) is 0. The zero-order valence-electron chi connectivity index (χ0n) is 5.03. The molecule has 0 aromatic carbocycles. The first kappa shape index (κ1) is 5.68. The number of fused-ring (bicyclic) bond motifs is 1. The van der Waals surface area contributed by atoms with Crippen LogP contribution in [0.25, 0.3) is 5.52 Å². The third-order valence-electron chi connectivity index (χ3n) is 1.29. The Morgan fingerprint density at radius 2 is 2.00 bits per heavy atom. The van der Waals surface area contributed by atoms with Crippen LogP contribution in [-0.4, -0.2) is 14.4 Å². The minimum absolute atomic E-state index is 0.579. The van der Waals surface area contributed by atoms with E-state index in [0.717, 1.165) is 5.52 Å². The lowest BCUT2D eigenvalue weighted by Gasteiger charge is -1.92. The highest BCUT2D eigenvalue weighted by Crippen LogP contribution is 2.08. The van der Waals surface area contributed by atoms with E-state index in [1.807, 2.05) is 0 Å². The predicted octanol–water partition coefficient (Wildman–Crippen LogP) is 1.38. The van der Waals surface area contributed by atoms with Gasteiger partial charge in [-0.2, -0.15) is 0 Å². The van der Waals surface area contributed by atoms with Crippen LogP contribution in [-0.2, 0) is 0 Å². The van der Waals surface area contributed by atoms with E-state index in [0.29, 0.717) is 5.15 Å². The van der Waals surface area contributed by atoms with E-state index in [9.17, 15) is 0 Å². The molecule has 2 heterocycles. The Balaban J connectivity index is 2.95. The third-order valence-corrected chi connectivity index (χ3v) is 1.56. The van der Waals surface area contributed by atoms with Gasteiger partial charge in [-0.05, 0) is 0 Å². The molecule has 0 aliphatic carbocycles. The van der Waals surface area contributed by atoms with Gasteiger partial charge in [0.15, 0.2) is 0 Å². The van der Waals surface area contributed by atoms with Crippen LogP contribution in [0.3, 0.4) is 0 Å². The fourth-order valence-electron chi connectivity index (χ4n) is 0.817. The normalized spacial score (nSPS) is 10.5. The van der Waals surface area contributed by atoms with Crippen molar-refractivity contribution in [3.05, 3.63) is 30.1 Å². The average Bonchev–Trinajstić information content (AvgIpc) is 2.36. The maximum absolute atomic E-state index is 5.76. The van der Waals surface area contributed by atoms with Crippen molar-refractivity contribution in [2.75, 3.05) is 0 Å². The van der Waals surface area contributed by atoms with Gasteiger partial charge >= 0.3 is 0 Å². The van der Waals surface area contributed by atoms with Crippen molar-refractivity contribution in [3.63, 3.8) is 0 Å². The summed E-state index contributed by atoms with van der Waals surface area (Å²) in [5, 5.41) is 0.579. The first-order valence-electron chi connectivity index (χ1n) is 2.79. The van der Waals surface area contributed by atoms with Crippen molar-refractivity contribution in [2.24, 2.45) is 0 Å². The van der Waals surface area contributed by atoms with Crippen molar-refractivity contribution < 1.29 is 0 Å². The van der Waals surface area contributed by atoms with E-state index < -0.39 is 0 Å². The first-order valence-corrected chi connectivity index (χ1v) is 3.17. The Bertz CT molecular complexity index is 355. The molecule has 2 rings (SSSR count). The first-order chi connectivity index (χ1) is 4.88. The highest BCUT2D eigenvalue weighted by atomic mass is 35.5. The molecule has 3 nitrogen and oxygen atoms in total. The summed E-state index contributed by atoms with van der Waals surface area (Å²) in [5.74, 6) is 0. The van der Waals surface area contributed by atoms with Gasteiger partial charge in [-0.1, -0.05) is 11.6 Å². The second-order valence-corrected chi connectivity index (χ2v) is 2.31. The van der Waals surface area contributed by atoms with Crippen molar-refractivity contribution in [1.29, 1.82) is 0 Å². The standard InChI is InChI=1S/C6H4ClN3/c7-6-3-8-1-5-2-9-4-10(5)6/h1-4H. The maximum Gasteiger partial charge on any atom is 0.133 e. The minimum Gasteiger partial charge on any atom is -0.287 e. The number of nitrogens with zero attached hydrogens (tertiary/aromatic N) is 3. The molecule has 0 N–H and O–H groups in total. The van der Waals surface area contributed by atoms with Gasteiger partial charge in [-0.15, -0.1) is 0 Å². The van der Waals surface area contributed by atoms with Crippen molar-refractivity contribution >= 4 is 17.1 Å². The number of aromatic nitrogens is 3. The van der Waals surface area contributed by atoms with Gasteiger partial charge in [-0.25, -0.2) is 4.98 Å². The van der Waals surface area contributed by atoms with Gasteiger partial charge in [-0.3, -0.25) is 9.38 Å². The fraction of sp³-hybridized carbons (Fsp3) is 0. The zero-order chi connectivity index (χ0) is 6.97. The van der Waals surface area contributed by atoms with Crippen LogP contribution in [0.5, 0.6) is 0 Å². The summed E-state index contributed by atoms with van der Waals surface area (Å²) in [4.78, 5) is 7.79. The van der Waals surface area contributed by atoms with Crippen molar-refractivity contribution in [3.8, 4) is 0 Å². The molecule has 10 heavy (non-hydrogen) atoms. The second kappa shape index (κ2) is 1.95. The summed E-state index contributed by atoms with van der Waals surface area (Å²) in [6, 6.07) is 0. The monoisotopic (exact) mass is 153 g/mol. The van der Waals surface area contributed by atoms with Gasteiger partial charge < -0.3 is 0 Å². The lowest BCUT2D eigenvalue weighted by molar-refractivity contribution is 1.12. The molecule has 0 unspecified atom stereocenters. The maximum atomic E-state index is 5.76. The van der Waals surface area contributed by atoms with Crippen LogP contribution in [0.15, 0.2) is 24.9 Å². The molecule has 0 saturated heterocycles. The van der Waals surface area contributed by atoms with Crippen LogP contribution in [0, 0.1) is 0 Å². The minimum atomic E-state index is 0.579. The molecule has 50 valence electrons. The summed E-state index contributed by atoms with van der Waals surface area (Å²) >= 11 is 5.76. The Morgan fingerprint density at radius 1 is 1.20 bits per heavy atom. The van der Waals surface area contributed by atoms with Gasteiger partial charge in [0, 0.05) is 0 Å². The molecule has 0 fully saturated rings. The molecule has 0 aliphatic heterocycles. The Hall–Kier alpha value is -1.09. The molecule has 2 aromatic rings. The molecule has 0 atom stereocenters. The van der Waals surface area contributed by atoms with E-state index in [2.05, 4.69) is 9.97 Å². The van der Waals surface area contributed by atoms with E-state index in [-0.39, 0.29) is 0 Å². The average molecular weight is 154 g/mol. The van der Waals surface area contributed by atoms with Gasteiger partial charge in [0.05, 0.1) is 24.1 Å². The number of rotatable bonds is 0. The molecule has 0 saturated carbocycles. The highest BCUT2D eigenvalue weighted by molar-refractivity contribution is 6.29. The molecule has 4 heteroatoms. The van der Waals surface area contributed by atoms with Crippen LogP contribution < -0.4 is 0 Å². The molecular weight excluding hydrogens is 150 g/mol. The molecule has 0 bridgehead atoms. The van der Waals surface area contributed by atoms with Crippen molar-refractivity contribution in [2.45, 2.75) is 0 Å². The summed E-state index contributed by atoms with van der Waals surface area (Å²) in [5.41, 5.74) is 0.910. The largest absolute Gasteiger partial charge is 0.287 e. The van der Waals surface area contributed by atoms with Crippen LogP contribution in [0.2, 0.25) is 5.15 Å². The number of hydrogen-bond acceptors (Lipinski definition) is 2. The quantitative estimate of drug-likeness (QED) is 0.573. The fourth-order valence-corrected chi connectivity index (χ4v) is 1.01. The van der Waals surface area contributed by atoms with Crippen LogP contribution in [0.4, 0.5) is 0 Å². The Kier molecular flexibility index (Phi) is 1.11. The Labute approximate surface area is 62.3 Å². The number of hydrogen-bond donors (Lipinski definition) is 0. The molecule has 0 aliphatic rings. The molecular formula is C6H4ClN3. The molecule has 0 radical (unpaired) electrons. The lowest BCUT2D eigenvalue weighted by Crippen LogP contribution is -1.84. The number of halogens is 1. The van der Waals surface area contributed by atoms with Crippen LogP contribution in [0.1, 0.15) is 0 Å². The van der Waals surface area contributed by atoms with Gasteiger partial charge in [0.2, 0.25) is 0 Å². The number of imidazole rings is 1. The molecule has 2 aromatic heterocycles. The summed E-state index contributed by atoms with van der Waals surface area (Å²) in [6.07, 6.45) is 6.65. The van der Waals surface area contributed by atoms with E-state index in [1.165, 1.54) is 0 Å². The zero-order valence-corrected chi connectivity index (χ0v) is 5.78. The summed E-state index contributed by atoms with van der Waals surface area (Å²) in [7, 11) is 0. The predicted molar refractivity (Wildman–Crippen MR) is 38.0 cm³/mol.